The van der Waals surface area contributed by atoms with Crippen molar-refractivity contribution in [2.24, 2.45) is 0 Å². The number of nitrogens with zero attached hydrogens (tertiary/aromatic N) is 3. The molecule has 102 valence electrons. The number of halogens is 3. The number of nitrogens with two attached hydrogens (primary N) is 1. The van der Waals surface area contributed by atoms with Crippen LogP contribution in [0.4, 0.5) is 10.3 Å². The van der Waals surface area contributed by atoms with Gasteiger partial charge in [0.15, 0.2) is 11.5 Å². The topological polar surface area (TPSA) is 56.7 Å². The zero-order chi connectivity index (χ0) is 14.4. The van der Waals surface area contributed by atoms with Crippen LogP contribution in [0.15, 0.2) is 24.4 Å². The summed E-state index contributed by atoms with van der Waals surface area (Å²) < 4.78 is 15.1. The first-order valence-corrected chi connectivity index (χ1v) is 6.49. The number of nitrogen functional groups attached to an aromatic ring is 1. The summed E-state index contributed by atoms with van der Waals surface area (Å²) in [5.41, 5.74) is 8.63. The van der Waals surface area contributed by atoms with E-state index in [4.69, 9.17) is 28.9 Å². The lowest BCUT2D eigenvalue weighted by atomic mass is 10.2. The van der Waals surface area contributed by atoms with Gasteiger partial charge >= 0.3 is 0 Å². The number of aryl methyl sites for hydroxylation is 1. The van der Waals surface area contributed by atoms with Crippen LogP contribution in [0, 0.1) is 12.7 Å². The van der Waals surface area contributed by atoms with Gasteiger partial charge in [0.1, 0.15) is 5.52 Å². The van der Waals surface area contributed by atoms with E-state index in [2.05, 4.69) is 9.97 Å². The lowest BCUT2D eigenvalue weighted by molar-refractivity contribution is 0.628. The minimum Gasteiger partial charge on any atom is -0.369 e. The molecule has 0 bridgehead atoms. The van der Waals surface area contributed by atoms with Gasteiger partial charge in [-0.15, -0.1) is 0 Å². The van der Waals surface area contributed by atoms with Gasteiger partial charge in [-0.25, -0.2) is 14.4 Å². The fourth-order valence-corrected chi connectivity index (χ4v) is 2.51. The minimum absolute atomic E-state index is 0.0820. The number of pyridine rings is 1. The van der Waals surface area contributed by atoms with E-state index in [1.807, 2.05) is 13.0 Å². The third kappa shape index (κ3) is 1.90. The van der Waals surface area contributed by atoms with Crippen molar-refractivity contribution in [3.05, 3.63) is 45.8 Å². The monoisotopic (exact) mass is 310 g/mol. The molecule has 0 fully saturated rings. The van der Waals surface area contributed by atoms with Gasteiger partial charge in [-0.05, 0) is 30.7 Å². The van der Waals surface area contributed by atoms with Crippen molar-refractivity contribution in [2.45, 2.75) is 6.92 Å². The molecule has 2 N–H and O–H groups in total. The molecule has 0 aliphatic rings. The van der Waals surface area contributed by atoms with Crippen LogP contribution in [0.5, 0.6) is 0 Å². The van der Waals surface area contributed by atoms with Gasteiger partial charge in [-0.1, -0.05) is 23.2 Å². The lowest BCUT2D eigenvalue weighted by Gasteiger charge is -2.08. The average Bonchev–Trinajstić information content (AvgIpc) is 2.73. The SMILES string of the molecule is Cc1ccnc2c1nc(N)n2-c1cc(Cl)c(F)c(Cl)c1. The minimum atomic E-state index is -0.663. The van der Waals surface area contributed by atoms with Gasteiger partial charge in [0.2, 0.25) is 5.95 Å². The zero-order valence-corrected chi connectivity index (χ0v) is 11.9. The Balaban J connectivity index is 2.35. The smallest absolute Gasteiger partial charge is 0.207 e. The molecular formula is C13H9Cl2FN4. The Morgan fingerprint density at radius 3 is 2.55 bits per heavy atom. The number of imidazole rings is 1. The highest BCUT2D eigenvalue weighted by Gasteiger charge is 2.15. The Morgan fingerprint density at radius 1 is 1.25 bits per heavy atom. The summed E-state index contributed by atoms with van der Waals surface area (Å²) in [4.78, 5) is 8.53. The van der Waals surface area contributed by atoms with Gasteiger partial charge in [0.05, 0.1) is 15.7 Å². The Kier molecular flexibility index (Phi) is 3.03. The van der Waals surface area contributed by atoms with Gasteiger partial charge in [0.25, 0.3) is 0 Å². The first-order chi connectivity index (χ1) is 9.49. The molecule has 4 nitrogen and oxygen atoms in total. The van der Waals surface area contributed by atoms with E-state index >= 15 is 0 Å². The molecular weight excluding hydrogens is 302 g/mol. The maximum atomic E-state index is 13.5. The van der Waals surface area contributed by atoms with Crippen LogP contribution in [0.1, 0.15) is 5.56 Å². The molecule has 0 atom stereocenters. The molecule has 0 saturated heterocycles. The Bertz CT molecular complexity index is 806. The van der Waals surface area contributed by atoms with E-state index in [1.165, 1.54) is 12.1 Å². The van der Waals surface area contributed by atoms with Crippen molar-refractivity contribution in [2.75, 3.05) is 5.73 Å². The van der Waals surface area contributed by atoms with Crippen LogP contribution in [0.3, 0.4) is 0 Å². The number of hydrogen-bond acceptors (Lipinski definition) is 3. The number of fused-ring (bicyclic) bond motifs is 1. The molecule has 0 amide bonds. The predicted octanol–water partition coefficient (Wildman–Crippen LogP) is 3.76. The maximum absolute atomic E-state index is 13.5. The number of hydrogen-bond donors (Lipinski definition) is 1. The molecule has 1 aromatic carbocycles. The largest absolute Gasteiger partial charge is 0.369 e. The summed E-state index contributed by atoms with van der Waals surface area (Å²) in [6.45, 7) is 1.91. The lowest BCUT2D eigenvalue weighted by Crippen LogP contribution is -2.02. The number of benzene rings is 1. The summed E-state index contributed by atoms with van der Waals surface area (Å²) in [5.74, 6) is -0.426. The van der Waals surface area contributed by atoms with Crippen LogP contribution in [0.2, 0.25) is 10.0 Å². The number of rotatable bonds is 1. The molecule has 0 aliphatic carbocycles. The second-order valence-corrected chi connectivity index (χ2v) is 5.14. The summed E-state index contributed by atoms with van der Waals surface area (Å²) in [5, 5.41) is -0.164. The number of anilines is 1. The predicted molar refractivity (Wildman–Crippen MR) is 78.0 cm³/mol. The van der Waals surface area contributed by atoms with Crippen LogP contribution < -0.4 is 5.73 Å². The van der Waals surface area contributed by atoms with Crippen LogP contribution in [-0.2, 0) is 0 Å². The second-order valence-electron chi connectivity index (χ2n) is 4.33. The van der Waals surface area contributed by atoms with E-state index in [1.54, 1.807) is 10.8 Å². The Hall–Kier alpha value is -1.85. The van der Waals surface area contributed by atoms with Crippen LogP contribution in [-0.4, -0.2) is 14.5 Å². The fraction of sp³-hybridized carbons (Fsp3) is 0.0769. The standard InChI is InChI=1S/C13H9Cl2FN4/c1-6-2-3-18-12-11(6)19-13(17)20(12)7-4-8(14)10(16)9(15)5-7/h2-5H,1H3,(H2,17,19). The van der Waals surface area contributed by atoms with Gasteiger partial charge in [-0.2, -0.15) is 0 Å². The summed E-state index contributed by atoms with van der Waals surface area (Å²) >= 11 is 11.6. The van der Waals surface area contributed by atoms with Crippen molar-refractivity contribution >= 4 is 40.3 Å². The van der Waals surface area contributed by atoms with E-state index < -0.39 is 5.82 Å². The quantitative estimate of drug-likeness (QED) is 0.696. The van der Waals surface area contributed by atoms with Crippen molar-refractivity contribution in [3.63, 3.8) is 0 Å². The summed E-state index contributed by atoms with van der Waals surface area (Å²) in [7, 11) is 0. The Morgan fingerprint density at radius 2 is 1.90 bits per heavy atom. The van der Waals surface area contributed by atoms with E-state index in [0.717, 1.165) is 5.56 Å². The highest BCUT2D eigenvalue weighted by atomic mass is 35.5. The van der Waals surface area contributed by atoms with E-state index in [-0.39, 0.29) is 16.0 Å². The van der Waals surface area contributed by atoms with Crippen molar-refractivity contribution in [1.82, 2.24) is 14.5 Å². The summed E-state index contributed by atoms with van der Waals surface area (Å²) in [6, 6.07) is 4.71. The average molecular weight is 311 g/mol. The first kappa shape index (κ1) is 13.1. The molecule has 0 spiro atoms. The molecule has 2 heterocycles. The van der Waals surface area contributed by atoms with Gasteiger partial charge in [-0.3, -0.25) is 4.57 Å². The molecule has 0 radical (unpaired) electrons. The molecule has 0 unspecified atom stereocenters. The third-order valence-electron chi connectivity index (χ3n) is 3.00. The van der Waals surface area contributed by atoms with E-state index in [0.29, 0.717) is 16.9 Å². The molecule has 3 rings (SSSR count). The van der Waals surface area contributed by atoms with Gasteiger partial charge < -0.3 is 5.73 Å². The fourth-order valence-electron chi connectivity index (χ4n) is 2.04. The van der Waals surface area contributed by atoms with Crippen molar-refractivity contribution < 1.29 is 4.39 Å². The first-order valence-electron chi connectivity index (χ1n) is 5.73. The van der Waals surface area contributed by atoms with Crippen LogP contribution >= 0.6 is 23.2 Å². The summed E-state index contributed by atoms with van der Waals surface area (Å²) in [6.07, 6.45) is 1.65. The highest BCUT2D eigenvalue weighted by molar-refractivity contribution is 6.35. The van der Waals surface area contributed by atoms with Crippen molar-refractivity contribution in [3.8, 4) is 5.69 Å². The van der Waals surface area contributed by atoms with Gasteiger partial charge in [0, 0.05) is 6.20 Å². The van der Waals surface area contributed by atoms with Crippen LogP contribution in [0.25, 0.3) is 16.9 Å². The second kappa shape index (κ2) is 4.61. The molecule has 2 aromatic heterocycles. The third-order valence-corrected chi connectivity index (χ3v) is 3.55. The van der Waals surface area contributed by atoms with E-state index in [9.17, 15) is 4.39 Å². The Labute approximate surface area is 124 Å². The number of aromatic nitrogens is 3. The molecule has 0 aliphatic heterocycles. The normalized spacial score (nSPS) is 11.2. The molecule has 20 heavy (non-hydrogen) atoms. The molecule has 0 saturated carbocycles. The zero-order valence-electron chi connectivity index (χ0n) is 10.4. The molecule has 7 heteroatoms. The van der Waals surface area contributed by atoms with Crippen molar-refractivity contribution in [1.29, 1.82) is 0 Å². The maximum Gasteiger partial charge on any atom is 0.207 e. The highest BCUT2D eigenvalue weighted by Crippen LogP contribution is 2.30. The molecule has 3 aromatic rings.